The van der Waals surface area contributed by atoms with Gasteiger partial charge in [-0.05, 0) is 25.0 Å². The highest BCUT2D eigenvalue weighted by molar-refractivity contribution is 6.32. The van der Waals surface area contributed by atoms with Crippen molar-refractivity contribution in [3.8, 4) is 0 Å². The lowest BCUT2D eigenvalue weighted by Gasteiger charge is -2.07. The van der Waals surface area contributed by atoms with E-state index in [1.54, 1.807) is 0 Å². The maximum atomic E-state index is 6.14. The Bertz CT molecular complexity index is 526. The van der Waals surface area contributed by atoms with Crippen LogP contribution in [-0.2, 0) is 0 Å². The quantitative estimate of drug-likeness (QED) is 0.825. The number of nitrogen functional groups attached to an aromatic ring is 1. The predicted molar refractivity (Wildman–Crippen MR) is 65.8 cm³/mol. The zero-order chi connectivity index (χ0) is 11.1. The third-order valence-corrected chi connectivity index (χ3v) is 3.65. The largest absolute Gasteiger partial charge is 0.399 e. The highest BCUT2D eigenvalue weighted by atomic mass is 35.5. The number of hydrogen-bond acceptors (Lipinski definition) is 2. The lowest BCUT2D eigenvalue weighted by molar-refractivity contribution is 0.665. The molecule has 2 aromatic heterocycles. The summed E-state index contributed by atoms with van der Waals surface area (Å²) in [5.74, 6) is 1.65. The van der Waals surface area contributed by atoms with Crippen molar-refractivity contribution >= 4 is 22.8 Å². The minimum Gasteiger partial charge on any atom is -0.399 e. The number of nitrogens with two attached hydrogens (primary N) is 1. The van der Waals surface area contributed by atoms with E-state index in [2.05, 4.69) is 9.38 Å². The first-order valence-electron chi connectivity index (χ1n) is 5.68. The fourth-order valence-electron chi connectivity index (χ4n) is 2.56. The second-order valence-corrected chi connectivity index (χ2v) is 4.82. The van der Waals surface area contributed by atoms with Gasteiger partial charge >= 0.3 is 0 Å². The SMILES string of the molecule is Nc1ccn2c(C3CCCC3)nc(Cl)c2c1. The molecule has 0 bridgehead atoms. The number of pyridine rings is 1. The maximum absolute atomic E-state index is 6.14. The van der Waals surface area contributed by atoms with Crippen LogP contribution in [0.15, 0.2) is 18.3 Å². The molecule has 1 aliphatic rings. The number of nitrogens with zero attached hydrogens (tertiary/aromatic N) is 2. The van der Waals surface area contributed by atoms with Crippen molar-refractivity contribution in [1.29, 1.82) is 0 Å². The number of halogens is 1. The number of fused-ring (bicyclic) bond motifs is 1. The molecule has 0 spiro atoms. The van der Waals surface area contributed by atoms with Crippen molar-refractivity contribution in [2.75, 3.05) is 5.73 Å². The van der Waals surface area contributed by atoms with Gasteiger partial charge in [-0.1, -0.05) is 24.4 Å². The van der Waals surface area contributed by atoms with Crippen LogP contribution in [0.25, 0.3) is 5.52 Å². The Labute approximate surface area is 99.2 Å². The zero-order valence-corrected chi connectivity index (χ0v) is 9.74. The van der Waals surface area contributed by atoms with Crippen LogP contribution in [0, 0.1) is 0 Å². The molecule has 0 aliphatic heterocycles. The van der Waals surface area contributed by atoms with Crippen LogP contribution in [0.3, 0.4) is 0 Å². The molecule has 84 valence electrons. The summed E-state index contributed by atoms with van der Waals surface area (Å²) in [6.07, 6.45) is 7.01. The molecule has 0 saturated heterocycles. The molecule has 0 atom stereocenters. The zero-order valence-electron chi connectivity index (χ0n) is 8.99. The van der Waals surface area contributed by atoms with Gasteiger partial charge in [0, 0.05) is 17.8 Å². The van der Waals surface area contributed by atoms with Gasteiger partial charge < -0.3 is 10.1 Å². The summed E-state index contributed by atoms with van der Waals surface area (Å²) in [6.45, 7) is 0. The van der Waals surface area contributed by atoms with E-state index in [1.807, 2.05) is 18.3 Å². The first-order chi connectivity index (χ1) is 7.75. The highest BCUT2D eigenvalue weighted by Crippen LogP contribution is 2.35. The number of anilines is 1. The van der Waals surface area contributed by atoms with Gasteiger partial charge in [0.25, 0.3) is 0 Å². The highest BCUT2D eigenvalue weighted by Gasteiger charge is 2.22. The van der Waals surface area contributed by atoms with E-state index < -0.39 is 0 Å². The molecule has 2 aromatic rings. The summed E-state index contributed by atoms with van der Waals surface area (Å²) in [6, 6.07) is 3.78. The molecular formula is C12H14ClN3. The average molecular weight is 236 g/mol. The number of hydrogen-bond donors (Lipinski definition) is 1. The Hall–Kier alpha value is -1.22. The second-order valence-electron chi connectivity index (χ2n) is 4.46. The summed E-state index contributed by atoms with van der Waals surface area (Å²) in [5.41, 5.74) is 7.40. The normalized spacial score (nSPS) is 17.3. The third kappa shape index (κ3) is 1.47. The average Bonchev–Trinajstić information content (AvgIpc) is 2.87. The topological polar surface area (TPSA) is 43.3 Å². The van der Waals surface area contributed by atoms with Crippen LogP contribution >= 0.6 is 11.6 Å². The molecule has 0 unspecified atom stereocenters. The van der Waals surface area contributed by atoms with Gasteiger partial charge in [0.1, 0.15) is 5.82 Å². The van der Waals surface area contributed by atoms with Crippen LogP contribution in [0.5, 0.6) is 0 Å². The molecule has 0 aromatic carbocycles. The van der Waals surface area contributed by atoms with Crippen molar-refractivity contribution in [2.45, 2.75) is 31.6 Å². The molecule has 1 aliphatic carbocycles. The molecule has 2 heterocycles. The monoisotopic (exact) mass is 235 g/mol. The van der Waals surface area contributed by atoms with Crippen LogP contribution in [-0.4, -0.2) is 9.38 Å². The van der Waals surface area contributed by atoms with Crippen molar-refractivity contribution in [2.24, 2.45) is 0 Å². The molecule has 3 nitrogen and oxygen atoms in total. The summed E-state index contributed by atoms with van der Waals surface area (Å²) < 4.78 is 2.08. The molecule has 1 fully saturated rings. The summed E-state index contributed by atoms with van der Waals surface area (Å²) in [7, 11) is 0. The van der Waals surface area contributed by atoms with Gasteiger partial charge in [0.2, 0.25) is 0 Å². The van der Waals surface area contributed by atoms with E-state index in [0.29, 0.717) is 11.1 Å². The summed E-state index contributed by atoms with van der Waals surface area (Å²) in [5, 5.41) is 0.564. The van der Waals surface area contributed by atoms with E-state index in [4.69, 9.17) is 17.3 Å². The summed E-state index contributed by atoms with van der Waals surface area (Å²) >= 11 is 6.14. The Morgan fingerprint density at radius 2 is 2.12 bits per heavy atom. The maximum Gasteiger partial charge on any atom is 0.155 e. The molecule has 2 N–H and O–H groups in total. The van der Waals surface area contributed by atoms with Crippen LogP contribution in [0.4, 0.5) is 5.69 Å². The van der Waals surface area contributed by atoms with Crippen LogP contribution in [0.1, 0.15) is 37.4 Å². The van der Waals surface area contributed by atoms with E-state index in [-0.39, 0.29) is 0 Å². The Balaban J connectivity index is 2.18. The molecule has 16 heavy (non-hydrogen) atoms. The Morgan fingerprint density at radius 1 is 1.38 bits per heavy atom. The third-order valence-electron chi connectivity index (χ3n) is 3.37. The first-order valence-corrected chi connectivity index (χ1v) is 6.06. The molecule has 3 rings (SSSR count). The minimum atomic E-state index is 0.559. The van der Waals surface area contributed by atoms with Gasteiger partial charge in [0.05, 0.1) is 5.52 Å². The van der Waals surface area contributed by atoms with Gasteiger partial charge in [-0.25, -0.2) is 4.98 Å². The van der Waals surface area contributed by atoms with E-state index >= 15 is 0 Å². The number of imidazole rings is 1. The number of aromatic nitrogens is 2. The van der Waals surface area contributed by atoms with Crippen molar-refractivity contribution in [3.05, 3.63) is 29.3 Å². The fraction of sp³-hybridized carbons (Fsp3) is 0.417. The minimum absolute atomic E-state index is 0.559. The lowest BCUT2D eigenvalue weighted by Crippen LogP contribution is -2.00. The molecular weight excluding hydrogens is 222 g/mol. The predicted octanol–water partition coefficient (Wildman–Crippen LogP) is 3.23. The molecule has 0 radical (unpaired) electrons. The van der Waals surface area contributed by atoms with Crippen LogP contribution in [0.2, 0.25) is 5.15 Å². The smallest absolute Gasteiger partial charge is 0.155 e. The van der Waals surface area contributed by atoms with Crippen molar-refractivity contribution in [3.63, 3.8) is 0 Å². The van der Waals surface area contributed by atoms with E-state index in [0.717, 1.165) is 17.0 Å². The van der Waals surface area contributed by atoms with Gasteiger partial charge in [-0.2, -0.15) is 0 Å². The second kappa shape index (κ2) is 3.67. The van der Waals surface area contributed by atoms with E-state index in [9.17, 15) is 0 Å². The Morgan fingerprint density at radius 3 is 2.88 bits per heavy atom. The molecule has 4 heteroatoms. The van der Waals surface area contributed by atoms with Crippen molar-refractivity contribution < 1.29 is 0 Å². The van der Waals surface area contributed by atoms with Gasteiger partial charge in [-0.3, -0.25) is 0 Å². The Kier molecular flexibility index (Phi) is 2.28. The standard InChI is InChI=1S/C12H14ClN3/c13-11-10-7-9(14)5-6-16(10)12(15-11)8-3-1-2-4-8/h5-8H,1-4,14H2. The first kappa shape index (κ1) is 9.97. The van der Waals surface area contributed by atoms with Gasteiger partial charge in [-0.15, -0.1) is 0 Å². The number of rotatable bonds is 1. The van der Waals surface area contributed by atoms with Crippen molar-refractivity contribution in [1.82, 2.24) is 9.38 Å². The van der Waals surface area contributed by atoms with Crippen LogP contribution < -0.4 is 5.73 Å². The van der Waals surface area contributed by atoms with Gasteiger partial charge in [0.15, 0.2) is 5.15 Å². The molecule has 0 amide bonds. The summed E-state index contributed by atoms with van der Waals surface area (Å²) in [4.78, 5) is 4.49. The lowest BCUT2D eigenvalue weighted by atomic mass is 10.1. The van der Waals surface area contributed by atoms with E-state index in [1.165, 1.54) is 25.7 Å². The molecule has 1 saturated carbocycles. The fourth-order valence-corrected chi connectivity index (χ4v) is 2.79.